The van der Waals surface area contributed by atoms with E-state index in [2.05, 4.69) is 0 Å². The number of aromatic nitrogens is 2. The quantitative estimate of drug-likeness (QED) is 0.718. The van der Waals surface area contributed by atoms with E-state index in [1.807, 2.05) is 18.2 Å². The maximum atomic E-state index is 11.7. The van der Waals surface area contributed by atoms with Crippen LogP contribution < -0.4 is 5.69 Å². The third-order valence-electron chi connectivity index (χ3n) is 2.33. The summed E-state index contributed by atoms with van der Waals surface area (Å²) in [6.07, 6.45) is 0. The minimum atomic E-state index is -0.548. The fourth-order valence-corrected chi connectivity index (χ4v) is 1.76. The predicted molar refractivity (Wildman–Crippen MR) is 58.0 cm³/mol. The van der Waals surface area contributed by atoms with Gasteiger partial charge in [0.1, 0.15) is 6.54 Å². The molecule has 2 rings (SSSR count). The van der Waals surface area contributed by atoms with E-state index >= 15 is 0 Å². The van der Waals surface area contributed by atoms with Gasteiger partial charge in [0.05, 0.1) is 11.0 Å². The van der Waals surface area contributed by atoms with Crippen molar-refractivity contribution in [3.8, 4) is 0 Å². The zero-order valence-electron chi connectivity index (χ0n) is 8.11. The SMILES string of the molecule is Cn1c(=O)n(CC(=O)Cl)c2ccccc21. The number of rotatable bonds is 2. The van der Waals surface area contributed by atoms with Crippen LogP contribution in [0.5, 0.6) is 0 Å². The Hall–Kier alpha value is -1.55. The normalized spacial score (nSPS) is 10.8. The number of hydrogen-bond acceptors (Lipinski definition) is 2. The fourth-order valence-electron chi connectivity index (χ4n) is 1.64. The second-order valence-corrected chi connectivity index (χ2v) is 3.69. The molecule has 78 valence electrons. The second-order valence-electron chi connectivity index (χ2n) is 3.27. The third kappa shape index (κ3) is 1.57. The Labute approximate surface area is 90.7 Å². The van der Waals surface area contributed by atoms with E-state index in [1.165, 1.54) is 9.13 Å². The first kappa shape index (κ1) is 9.98. The topological polar surface area (TPSA) is 44.0 Å². The van der Waals surface area contributed by atoms with Crippen molar-refractivity contribution in [2.45, 2.75) is 6.54 Å². The molecule has 0 radical (unpaired) electrons. The average Bonchev–Trinajstić information content (AvgIpc) is 2.44. The molecule has 1 aromatic heterocycles. The molecule has 5 heteroatoms. The second kappa shape index (κ2) is 3.55. The Bertz CT molecular complexity index is 583. The number of halogens is 1. The molecule has 0 aliphatic rings. The highest BCUT2D eigenvalue weighted by Gasteiger charge is 2.11. The molecule has 0 spiro atoms. The highest BCUT2D eigenvalue weighted by Crippen LogP contribution is 2.11. The van der Waals surface area contributed by atoms with Crippen molar-refractivity contribution in [1.82, 2.24) is 9.13 Å². The molecular weight excluding hydrogens is 216 g/mol. The number of hydrogen-bond donors (Lipinski definition) is 0. The maximum absolute atomic E-state index is 11.7. The van der Waals surface area contributed by atoms with E-state index in [0.717, 1.165) is 11.0 Å². The van der Waals surface area contributed by atoms with Crippen molar-refractivity contribution >= 4 is 27.9 Å². The molecule has 2 aromatic rings. The highest BCUT2D eigenvalue weighted by atomic mass is 35.5. The maximum Gasteiger partial charge on any atom is 0.329 e. The lowest BCUT2D eigenvalue weighted by Crippen LogP contribution is -2.24. The number of para-hydroxylation sites is 2. The number of imidazole rings is 1. The van der Waals surface area contributed by atoms with Gasteiger partial charge in [-0.1, -0.05) is 12.1 Å². The van der Waals surface area contributed by atoms with Crippen molar-refractivity contribution in [3.63, 3.8) is 0 Å². The Morgan fingerprint density at radius 3 is 2.53 bits per heavy atom. The molecule has 0 aliphatic heterocycles. The molecule has 0 bridgehead atoms. The number of carbonyl (C=O) groups is 1. The van der Waals surface area contributed by atoms with Crippen LogP contribution in [0.4, 0.5) is 0 Å². The molecule has 1 aromatic carbocycles. The Morgan fingerprint density at radius 1 is 1.33 bits per heavy atom. The summed E-state index contributed by atoms with van der Waals surface area (Å²) in [5.41, 5.74) is 1.28. The smallest absolute Gasteiger partial charge is 0.295 e. The van der Waals surface area contributed by atoms with E-state index < -0.39 is 5.24 Å². The van der Waals surface area contributed by atoms with Gasteiger partial charge in [-0.2, -0.15) is 0 Å². The molecule has 1 heterocycles. The Kier molecular flexibility index (Phi) is 2.36. The van der Waals surface area contributed by atoms with Crippen molar-refractivity contribution in [1.29, 1.82) is 0 Å². The van der Waals surface area contributed by atoms with E-state index in [-0.39, 0.29) is 12.2 Å². The first-order chi connectivity index (χ1) is 7.11. The van der Waals surface area contributed by atoms with Crippen LogP contribution in [0.3, 0.4) is 0 Å². The lowest BCUT2D eigenvalue weighted by atomic mass is 10.3. The summed E-state index contributed by atoms with van der Waals surface area (Å²) >= 11 is 5.29. The molecule has 0 saturated heterocycles. The zero-order chi connectivity index (χ0) is 11.0. The zero-order valence-corrected chi connectivity index (χ0v) is 8.86. The molecule has 4 nitrogen and oxygen atoms in total. The van der Waals surface area contributed by atoms with Crippen LogP contribution in [0.2, 0.25) is 0 Å². The van der Waals surface area contributed by atoms with Gasteiger partial charge in [0.25, 0.3) is 0 Å². The van der Waals surface area contributed by atoms with Gasteiger partial charge in [0.15, 0.2) is 0 Å². The molecule has 0 N–H and O–H groups in total. The molecule has 15 heavy (non-hydrogen) atoms. The van der Waals surface area contributed by atoms with Gasteiger partial charge < -0.3 is 0 Å². The van der Waals surface area contributed by atoms with Gasteiger partial charge in [0, 0.05) is 7.05 Å². The van der Waals surface area contributed by atoms with Crippen LogP contribution >= 0.6 is 11.6 Å². The molecule has 0 aliphatic carbocycles. The van der Waals surface area contributed by atoms with Gasteiger partial charge in [-0.3, -0.25) is 13.9 Å². The van der Waals surface area contributed by atoms with E-state index in [1.54, 1.807) is 13.1 Å². The highest BCUT2D eigenvalue weighted by molar-refractivity contribution is 6.63. The predicted octanol–water partition coefficient (Wildman–Crippen LogP) is 1.11. The average molecular weight is 225 g/mol. The summed E-state index contributed by atoms with van der Waals surface area (Å²) < 4.78 is 2.86. The fraction of sp³-hybridized carbons (Fsp3) is 0.200. The van der Waals surface area contributed by atoms with Crippen LogP contribution in [0.15, 0.2) is 29.1 Å². The number of aryl methyl sites for hydroxylation is 1. The lowest BCUT2D eigenvalue weighted by molar-refractivity contribution is -0.112. The summed E-state index contributed by atoms with van der Waals surface area (Å²) in [6.45, 7) is -0.0955. The first-order valence-electron chi connectivity index (χ1n) is 4.44. The molecule has 0 fully saturated rings. The van der Waals surface area contributed by atoms with Gasteiger partial charge in [-0.25, -0.2) is 4.79 Å². The van der Waals surface area contributed by atoms with E-state index in [4.69, 9.17) is 11.6 Å². The summed E-state index contributed by atoms with van der Waals surface area (Å²) in [5, 5.41) is -0.548. The van der Waals surface area contributed by atoms with E-state index in [0.29, 0.717) is 0 Å². The summed E-state index contributed by atoms with van der Waals surface area (Å²) in [5.74, 6) is 0. The van der Waals surface area contributed by atoms with Crippen LogP contribution in [0.1, 0.15) is 0 Å². The van der Waals surface area contributed by atoms with Crippen LogP contribution in [0, 0.1) is 0 Å². The Balaban J connectivity index is 2.78. The minimum Gasteiger partial charge on any atom is -0.295 e. The summed E-state index contributed by atoms with van der Waals surface area (Å²) in [4.78, 5) is 22.6. The number of nitrogens with zero attached hydrogens (tertiary/aromatic N) is 2. The standard InChI is InChI=1S/C10H9ClN2O2/c1-12-7-4-2-3-5-8(7)13(10(12)15)6-9(11)14/h2-5H,6H2,1H3. The van der Waals surface area contributed by atoms with Gasteiger partial charge >= 0.3 is 5.69 Å². The minimum absolute atomic E-state index is 0.0955. The monoisotopic (exact) mass is 224 g/mol. The van der Waals surface area contributed by atoms with Gasteiger partial charge in [-0.05, 0) is 23.7 Å². The summed E-state index contributed by atoms with van der Waals surface area (Å²) in [6, 6.07) is 7.27. The Morgan fingerprint density at radius 2 is 1.93 bits per heavy atom. The van der Waals surface area contributed by atoms with Gasteiger partial charge in [0.2, 0.25) is 5.24 Å². The third-order valence-corrected chi connectivity index (χ3v) is 2.45. The lowest BCUT2D eigenvalue weighted by Gasteiger charge is -1.96. The van der Waals surface area contributed by atoms with E-state index in [9.17, 15) is 9.59 Å². The number of benzene rings is 1. The van der Waals surface area contributed by atoms with Crippen molar-refractivity contribution in [2.75, 3.05) is 0 Å². The number of fused-ring (bicyclic) bond motifs is 1. The van der Waals surface area contributed by atoms with Crippen LogP contribution in [-0.2, 0) is 18.4 Å². The van der Waals surface area contributed by atoms with Crippen molar-refractivity contribution in [2.24, 2.45) is 7.05 Å². The van der Waals surface area contributed by atoms with Crippen LogP contribution in [0.25, 0.3) is 11.0 Å². The first-order valence-corrected chi connectivity index (χ1v) is 4.81. The molecule has 0 unspecified atom stereocenters. The number of carbonyl (C=O) groups excluding carboxylic acids is 1. The molecule has 0 amide bonds. The molecule has 0 atom stereocenters. The van der Waals surface area contributed by atoms with Gasteiger partial charge in [-0.15, -0.1) is 0 Å². The molecule has 0 saturated carbocycles. The van der Waals surface area contributed by atoms with Crippen molar-refractivity contribution < 1.29 is 4.79 Å². The molecular formula is C10H9ClN2O2. The largest absolute Gasteiger partial charge is 0.329 e. The van der Waals surface area contributed by atoms with Crippen molar-refractivity contribution in [3.05, 3.63) is 34.7 Å². The van der Waals surface area contributed by atoms with Crippen LogP contribution in [-0.4, -0.2) is 14.4 Å². The summed E-state index contributed by atoms with van der Waals surface area (Å²) in [7, 11) is 1.67.